The third-order valence-corrected chi connectivity index (χ3v) is 20.6. The average Bonchev–Trinajstić information content (AvgIpc) is 3.12. The molecule has 0 spiro atoms. The van der Waals surface area contributed by atoms with E-state index in [0.29, 0.717) is 0 Å². The van der Waals surface area contributed by atoms with Crippen molar-refractivity contribution in [3.8, 4) is 0 Å². The summed E-state index contributed by atoms with van der Waals surface area (Å²) in [6, 6.07) is 39.4. The molecular formula is C52H66As2N4Zr. The van der Waals surface area contributed by atoms with Crippen molar-refractivity contribution in [1.82, 2.24) is 0 Å². The first-order valence-corrected chi connectivity index (χ1v) is 25.4. The van der Waals surface area contributed by atoms with Gasteiger partial charge in [0.15, 0.2) is 0 Å². The van der Waals surface area contributed by atoms with Crippen LogP contribution in [0.5, 0.6) is 0 Å². The van der Waals surface area contributed by atoms with Gasteiger partial charge in [-0.1, -0.05) is 0 Å². The first kappa shape index (κ1) is 52.0. The van der Waals surface area contributed by atoms with Crippen LogP contribution in [-0.2, 0) is 26.2 Å². The van der Waals surface area contributed by atoms with Crippen LogP contribution in [0.3, 0.4) is 0 Å². The molecule has 0 N–H and O–H groups in total. The van der Waals surface area contributed by atoms with Crippen molar-refractivity contribution in [3.05, 3.63) is 195 Å². The van der Waals surface area contributed by atoms with Crippen LogP contribution in [0.4, 0.5) is 11.4 Å². The minimum atomic E-state index is -1.84. The molecule has 0 heterocycles. The van der Waals surface area contributed by atoms with E-state index in [-0.39, 0.29) is 26.2 Å². The molecule has 7 heteroatoms. The van der Waals surface area contributed by atoms with Crippen LogP contribution >= 0.6 is 0 Å². The summed E-state index contributed by atoms with van der Waals surface area (Å²) in [4.78, 5) is 0. The van der Waals surface area contributed by atoms with Gasteiger partial charge in [-0.3, -0.25) is 0 Å². The molecule has 59 heavy (non-hydrogen) atoms. The minimum absolute atomic E-state index is 0. The summed E-state index contributed by atoms with van der Waals surface area (Å²) in [6.45, 7) is 26.7. The Hall–Kier alpha value is -3.16. The second-order valence-electron chi connectivity index (χ2n) is 15.4. The quantitative estimate of drug-likeness (QED) is 0.137. The van der Waals surface area contributed by atoms with Gasteiger partial charge >= 0.3 is 352 Å². The summed E-state index contributed by atoms with van der Waals surface area (Å²) >= 11 is -3.68. The van der Waals surface area contributed by atoms with E-state index < -0.39 is 29.8 Å². The molecule has 308 valence electrons. The van der Waals surface area contributed by atoms with E-state index >= 15 is 0 Å². The van der Waals surface area contributed by atoms with Gasteiger partial charge in [0.1, 0.15) is 0 Å². The van der Waals surface area contributed by atoms with Gasteiger partial charge in [0.05, 0.1) is 0 Å². The maximum absolute atomic E-state index is 5.35. The Morgan fingerprint density at radius 1 is 0.305 bits per heavy atom. The maximum atomic E-state index is 5.35. The van der Waals surface area contributed by atoms with Crippen LogP contribution < -0.4 is 17.4 Å². The molecule has 6 aromatic carbocycles. The molecule has 6 aromatic rings. The molecule has 0 saturated heterocycles. The first-order valence-electron chi connectivity index (χ1n) is 20.0. The predicted octanol–water partition coefficient (Wildman–Crippen LogP) is 11.9. The Kier molecular flexibility index (Phi) is 22.5. The third kappa shape index (κ3) is 15.1. The van der Waals surface area contributed by atoms with Crippen molar-refractivity contribution >= 4 is 58.5 Å². The van der Waals surface area contributed by atoms with Crippen molar-refractivity contribution in [2.24, 2.45) is 0 Å². The number of hydrogen-bond donors (Lipinski definition) is 0. The summed E-state index contributed by atoms with van der Waals surface area (Å²) in [5.74, 6) is 0. The molecule has 0 aliphatic heterocycles. The molecule has 0 amide bonds. The summed E-state index contributed by atoms with van der Waals surface area (Å²) < 4.78 is 16.6. The Balaban J connectivity index is 0.000000354. The number of nitrogens with zero attached hydrogens (tertiary/aromatic N) is 4. The molecule has 0 unspecified atom stereocenters. The van der Waals surface area contributed by atoms with E-state index in [0.717, 1.165) is 11.4 Å². The van der Waals surface area contributed by atoms with E-state index in [1.165, 1.54) is 84.2 Å². The molecule has 0 fully saturated rings. The first-order chi connectivity index (χ1) is 27.6. The predicted molar refractivity (Wildman–Crippen MR) is 262 cm³/mol. The number of benzene rings is 6. The summed E-state index contributed by atoms with van der Waals surface area (Å²) in [6.07, 6.45) is 0. The Bertz CT molecular complexity index is 1860. The molecule has 4 nitrogen and oxygen atoms in total. The van der Waals surface area contributed by atoms with E-state index in [2.05, 4.69) is 203 Å². The molecule has 0 radical (unpaired) electrons. The zero-order valence-electron chi connectivity index (χ0n) is 38.6. The molecule has 0 atom stereocenters. The summed E-state index contributed by atoms with van der Waals surface area (Å²) in [5.41, 5.74) is 18.5. The standard InChI is InChI=1S/2C24H27AsN.2C2H6N.Zr/c2*1-16-12-18(3)23(19(4)13-16)25(26-22-10-8-7-9-11-22)24-20(5)14-17(2)15-21(24)6;2*1-3-2;/h2*7-15H,1-6H3;2*1-2H3;/q4*-1;+4. The van der Waals surface area contributed by atoms with Crippen molar-refractivity contribution in [3.63, 3.8) is 0 Å². The Morgan fingerprint density at radius 3 is 0.644 bits per heavy atom. The summed E-state index contributed by atoms with van der Waals surface area (Å²) in [5, 5.41) is 7.00. The van der Waals surface area contributed by atoms with E-state index in [4.69, 9.17) is 8.47 Å². The van der Waals surface area contributed by atoms with Crippen molar-refractivity contribution in [2.45, 2.75) is 83.1 Å². The zero-order chi connectivity index (χ0) is 43.1. The van der Waals surface area contributed by atoms with E-state index in [9.17, 15) is 0 Å². The molecule has 0 aliphatic rings. The molecule has 0 aliphatic carbocycles. The Morgan fingerprint density at radius 2 is 0.475 bits per heavy atom. The van der Waals surface area contributed by atoms with Gasteiger partial charge in [-0.15, -0.1) is 0 Å². The molecule has 6 rings (SSSR count). The van der Waals surface area contributed by atoms with Crippen LogP contribution in [0.15, 0.2) is 109 Å². The molecular weight excluding hydrogens is 922 g/mol. The Labute approximate surface area is 387 Å². The zero-order valence-corrected chi connectivity index (χ0v) is 44.8. The third-order valence-electron chi connectivity index (χ3n) is 9.33. The van der Waals surface area contributed by atoms with Gasteiger partial charge in [-0.2, -0.15) is 28.2 Å². The number of rotatable bonds is 8. The van der Waals surface area contributed by atoms with Crippen molar-refractivity contribution < 1.29 is 26.2 Å². The molecule has 0 bridgehead atoms. The van der Waals surface area contributed by atoms with E-state index in [1.807, 2.05) is 0 Å². The fourth-order valence-corrected chi connectivity index (χ4v) is 17.7. The van der Waals surface area contributed by atoms with Gasteiger partial charge in [0, 0.05) is 0 Å². The minimum Gasteiger partial charge on any atom is 4.00 e. The largest absolute Gasteiger partial charge is 4.00 e. The van der Waals surface area contributed by atoms with Gasteiger partial charge < -0.3 is 10.6 Å². The smallest absolute Gasteiger partial charge is 4.00 e. The van der Waals surface area contributed by atoms with Gasteiger partial charge in [0.25, 0.3) is 0 Å². The van der Waals surface area contributed by atoms with Gasteiger partial charge in [0.2, 0.25) is 0 Å². The maximum Gasteiger partial charge on any atom is 4.00 e. The van der Waals surface area contributed by atoms with Crippen LogP contribution in [-0.4, -0.2) is 57.9 Å². The van der Waals surface area contributed by atoms with Crippen LogP contribution in [0, 0.1) is 83.1 Å². The number of aryl methyl sites for hydroxylation is 12. The summed E-state index contributed by atoms with van der Waals surface area (Å²) in [7, 11) is 7.00. The average molecular weight is 988 g/mol. The van der Waals surface area contributed by atoms with Gasteiger partial charge in [-0.05, 0) is 0 Å². The molecule has 0 saturated carbocycles. The normalized spacial score (nSPS) is 10.3. The van der Waals surface area contributed by atoms with Crippen molar-refractivity contribution in [1.29, 1.82) is 0 Å². The van der Waals surface area contributed by atoms with Crippen LogP contribution in [0.2, 0.25) is 0 Å². The number of hydrogen-bond acceptors (Lipinski definition) is 0. The van der Waals surface area contributed by atoms with Crippen LogP contribution in [0.1, 0.15) is 66.8 Å². The van der Waals surface area contributed by atoms with Crippen molar-refractivity contribution in [2.75, 3.05) is 28.2 Å². The fraction of sp³-hybridized carbons (Fsp3) is 0.308. The van der Waals surface area contributed by atoms with Crippen LogP contribution in [0.25, 0.3) is 19.1 Å². The molecule has 0 aromatic heterocycles. The second kappa shape index (κ2) is 25.6. The topological polar surface area (TPSA) is 56.4 Å². The fourth-order valence-electron chi connectivity index (χ4n) is 7.67. The second-order valence-corrected chi connectivity index (χ2v) is 22.6. The SMILES string of the molecule is C[N-]C.C[N-]C.Cc1cc(C)c([As]([N-]c2ccccc2)c2c(C)cc(C)cc2C)c(C)c1.Cc1cc(C)c([As]([N-]c2ccccc2)c2c(C)cc(C)cc2C)c(C)c1.[Zr+4]. The monoisotopic (exact) mass is 986 g/mol. The van der Waals surface area contributed by atoms with Gasteiger partial charge in [-0.25, -0.2) is 0 Å². The van der Waals surface area contributed by atoms with E-state index in [1.54, 1.807) is 28.2 Å².